The zero-order chi connectivity index (χ0) is 24.1. The molecule has 1 aliphatic rings. The fourth-order valence-electron chi connectivity index (χ4n) is 3.94. The number of carbonyl (C=O) groups is 3. The Bertz CT molecular complexity index is 1230. The van der Waals surface area contributed by atoms with Crippen LogP contribution in [0.5, 0.6) is 0 Å². The van der Waals surface area contributed by atoms with Crippen molar-refractivity contribution in [2.45, 2.75) is 12.5 Å². The van der Waals surface area contributed by atoms with E-state index in [0.29, 0.717) is 0 Å². The van der Waals surface area contributed by atoms with Crippen LogP contribution in [0.1, 0.15) is 33.3 Å². The van der Waals surface area contributed by atoms with Gasteiger partial charge < -0.3 is 24.6 Å². The van der Waals surface area contributed by atoms with Crippen molar-refractivity contribution in [2.24, 2.45) is 0 Å². The van der Waals surface area contributed by atoms with E-state index in [9.17, 15) is 14.4 Å². The SMILES string of the molecule is C#CCN(CC(=O)O)C(=O)c1cc(CNC(=O)OCC2c3ccccc3-c3ccccc32)on1. The van der Waals surface area contributed by atoms with Crippen LogP contribution in [0.4, 0.5) is 4.79 Å². The number of hydrogen-bond donors (Lipinski definition) is 2. The molecule has 0 aliphatic heterocycles. The Kier molecular flexibility index (Phi) is 6.59. The van der Waals surface area contributed by atoms with Crippen molar-refractivity contribution in [1.82, 2.24) is 15.4 Å². The van der Waals surface area contributed by atoms with Gasteiger partial charge in [-0.25, -0.2) is 4.79 Å². The number of amides is 2. The molecular weight excluding hydrogens is 438 g/mol. The van der Waals surface area contributed by atoms with Gasteiger partial charge in [-0.3, -0.25) is 9.59 Å². The van der Waals surface area contributed by atoms with Gasteiger partial charge in [-0.1, -0.05) is 59.6 Å². The number of carboxylic acid groups (broad SMARTS) is 1. The van der Waals surface area contributed by atoms with Gasteiger partial charge in [0.2, 0.25) is 0 Å². The number of aromatic nitrogens is 1. The van der Waals surface area contributed by atoms with Crippen LogP contribution in [0.25, 0.3) is 11.1 Å². The van der Waals surface area contributed by atoms with Crippen molar-refractivity contribution in [1.29, 1.82) is 0 Å². The Labute approximate surface area is 195 Å². The Morgan fingerprint density at radius 1 is 1.12 bits per heavy atom. The molecule has 0 saturated heterocycles. The topological polar surface area (TPSA) is 122 Å². The van der Waals surface area contributed by atoms with Crippen LogP contribution < -0.4 is 5.32 Å². The molecule has 4 rings (SSSR count). The van der Waals surface area contributed by atoms with E-state index in [1.54, 1.807) is 0 Å². The first kappa shape index (κ1) is 22.6. The Hall–Kier alpha value is -4.58. The summed E-state index contributed by atoms with van der Waals surface area (Å²) in [5, 5.41) is 15.1. The van der Waals surface area contributed by atoms with Crippen molar-refractivity contribution in [2.75, 3.05) is 19.7 Å². The minimum Gasteiger partial charge on any atom is -0.480 e. The molecule has 3 aromatic rings. The first-order valence-corrected chi connectivity index (χ1v) is 10.5. The maximum atomic E-state index is 12.4. The molecule has 9 heteroatoms. The minimum atomic E-state index is -1.20. The van der Waals surface area contributed by atoms with Crippen LogP contribution in [-0.2, 0) is 16.1 Å². The molecule has 0 bridgehead atoms. The number of nitrogens with one attached hydrogen (secondary N) is 1. The van der Waals surface area contributed by atoms with E-state index in [1.807, 2.05) is 36.4 Å². The number of alkyl carbamates (subject to hydrolysis) is 1. The van der Waals surface area contributed by atoms with E-state index in [-0.39, 0.29) is 37.1 Å². The lowest BCUT2D eigenvalue weighted by molar-refractivity contribution is -0.137. The van der Waals surface area contributed by atoms with Gasteiger partial charge in [-0.15, -0.1) is 6.42 Å². The molecule has 0 fully saturated rings. The quantitative estimate of drug-likeness (QED) is 0.497. The van der Waals surface area contributed by atoms with E-state index in [4.69, 9.17) is 20.8 Å². The summed E-state index contributed by atoms with van der Waals surface area (Å²) in [6.45, 7) is -0.657. The largest absolute Gasteiger partial charge is 0.480 e. The maximum absolute atomic E-state index is 12.4. The maximum Gasteiger partial charge on any atom is 0.407 e. The molecule has 2 amide bonds. The third-order valence-electron chi connectivity index (χ3n) is 5.42. The van der Waals surface area contributed by atoms with Gasteiger partial charge in [0.1, 0.15) is 13.2 Å². The highest BCUT2D eigenvalue weighted by Gasteiger charge is 2.29. The van der Waals surface area contributed by atoms with E-state index < -0.39 is 24.5 Å². The van der Waals surface area contributed by atoms with Gasteiger partial charge >= 0.3 is 12.1 Å². The lowest BCUT2D eigenvalue weighted by atomic mass is 9.98. The average Bonchev–Trinajstić information content (AvgIpc) is 3.43. The van der Waals surface area contributed by atoms with E-state index in [2.05, 4.69) is 28.5 Å². The fraction of sp³-hybridized carbons (Fsp3) is 0.200. The number of carbonyl (C=O) groups excluding carboxylic acids is 2. The van der Waals surface area contributed by atoms with Crippen LogP contribution in [0.2, 0.25) is 0 Å². The van der Waals surface area contributed by atoms with E-state index in [1.165, 1.54) is 6.07 Å². The van der Waals surface area contributed by atoms with Crippen LogP contribution in [0, 0.1) is 12.3 Å². The number of carboxylic acids is 1. The van der Waals surface area contributed by atoms with Gasteiger partial charge in [-0.05, 0) is 22.3 Å². The summed E-state index contributed by atoms with van der Waals surface area (Å²) in [6, 6.07) is 17.4. The molecule has 172 valence electrons. The lowest BCUT2D eigenvalue weighted by Gasteiger charge is -2.15. The molecule has 9 nitrogen and oxygen atoms in total. The fourth-order valence-corrected chi connectivity index (χ4v) is 3.94. The third kappa shape index (κ3) is 4.76. The van der Waals surface area contributed by atoms with Crippen LogP contribution in [-0.4, -0.2) is 52.8 Å². The second-order valence-electron chi connectivity index (χ2n) is 7.62. The normalized spacial score (nSPS) is 11.7. The molecule has 2 N–H and O–H groups in total. The Morgan fingerprint density at radius 2 is 1.76 bits per heavy atom. The number of terminal acetylenes is 1. The summed E-state index contributed by atoms with van der Waals surface area (Å²) in [5.74, 6) is 0.478. The van der Waals surface area contributed by atoms with Gasteiger partial charge in [0.15, 0.2) is 11.5 Å². The average molecular weight is 459 g/mol. The summed E-state index contributed by atoms with van der Waals surface area (Å²) in [6.07, 6.45) is 4.54. The predicted molar refractivity (Wildman–Crippen MR) is 121 cm³/mol. The highest BCUT2D eigenvalue weighted by Crippen LogP contribution is 2.44. The highest BCUT2D eigenvalue weighted by atomic mass is 16.5. The lowest BCUT2D eigenvalue weighted by Crippen LogP contribution is -2.36. The number of rotatable bonds is 8. The zero-order valence-electron chi connectivity index (χ0n) is 18.1. The Morgan fingerprint density at radius 3 is 2.38 bits per heavy atom. The standard InChI is InChI=1S/C25H21N3O6/c1-2-11-28(14-23(29)30)24(31)22-12-16(34-27-22)13-26-25(32)33-15-21-19-9-5-3-7-17(19)18-8-4-6-10-20(18)21/h1,3-10,12,21H,11,13-15H2,(H,26,32)(H,29,30). The van der Waals surface area contributed by atoms with Crippen molar-refractivity contribution in [3.63, 3.8) is 0 Å². The zero-order valence-corrected chi connectivity index (χ0v) is 18.1. The van der Waals surface area contributed by atoms with Crippen molar-refractivity contribution in [3.8, 4) is 23.5 Å². The third-order valence-corrected chi connectivity index (χ3v) is 5.42. The summed E-state index contributed by atoms with van der Waals surface area (Å²) in [5.41, 5.74) is 4.36. The van der Waals surface area contributed by atoms with Crippen molar-refractivity contribution >= 4 is 18.0 Å². The first-order valence-electron chi connectivity index (χ1n) is 10.5. The van der Waals surface area contributed by atoms with E-state index >= 15 is 0 Å². The molecule has 34 heavy (non-hydrogen) atoms. The van der Waals surface area contributed by atoms with Gasteiger partial charge in [0.05, 0.1) is 13.1 Å². The summed E-state index contributed by atoms with van der Waals surface area (Å²) < 4.78 is 10.5. The van der Waals surface area contributed by atoms with Gasteiger partial charge in [-0.2, -0.15) is 0 Å². The van der Waals surface area contributed by atoms with Crippen LogP contribution >= 0.6 is 0 Å². The predicted octanol–water partition coefficient (Wildman–Crippen LogP) is 2.87. The van der Waals surface area contributed by atoms with Crippen LogP contribution in [0.3, 0.4) is 0 Å². The molecule has 0 saturated carbocycles. The smallest absolute Gasteiger partial charge is 0.407 e. The Balaban J connectivity index is 1.33. The first-order chi connectivity index (χ1) is 16.5. The molecule has 0 unspecified atom stereocenters. The molecule has 2 aromatic carbocycles. The second kappa shape index (κ2) is 9.92. The summed E-state index contributed by atoms with van der Waals surface area (Å²) in [4.78, 5) is 36.6. The molecule has 0 spiro atoms. The molecule has 0 atom stereocenters. The second-order valence-corrected chi connectivity index (χ2v) is 7.62. The van der Waals surface area contributed by atoms with Crippen LogP contribution in [0.15, 0.2) is 59.1 Å². The summed E-state index contributed by atoms with van der Waals surface area (Å²) in [7, 11) is 0. The number of hydrogen-bond acceptors (Lipinski definition) is 6. The number of aliphatic carboxylic acids is 1. The number of ether oxygens (including phenoxy) is 1. The van der Waals surface area contributed by atoms with Gasteiger partial charge in [0, 0.05) is 12.0 Å². The molecular formula is C25H21N3O6. The molecule has 1 heterocycles. The minimum absolute atomic E-state index is 0.0645. The molecule has 1 aliphatic carbocycles. The number of nitrogens with zero attached hydrogens (tertiary/aromatic N) is 2. The van der Waals surface area contributed by atoms with Crippen molar-refractivity contribution in [3.05, 3.63) is 77.2 Å². The number of benzene rings is 2. The van der Waals surface area contributed by atoms with Crippen molar-refractivity contribution < 1.29 is 28.8 Å². The van der Waals surface area contributed by atoms with E-state index in [0.717, 1.165) is 27.2 Å². The monoisotopic (exact) mass is 459 g/mol. The highest BCUT2D eigenvalue weighted by molar-refractivity contribution is 5.94. The van der Waals surface area contributed by atoms with Gasteiger partial charge in [0.25, 0.3) is 5.91 Å². The number of fused-ring (bicyclic) bond motifs is 3. The molecule has 1 aromatic heterocycles. The molecule has 0 radical (unpaired) electrons. The summed E-state index contributed by atoms with van der Waals surface area (Å²) >= 11 is 0.